The normalized spacial score (nSPS) is 11.8. The van der Waals surface area contributed by atoms with Gasteiger partial charge in [0.1, 0.15) is 5.82 Å². The maximum Gasteiger partial charge on any atom is 0.234 e. The number of carbonyl (C=O) groups is 1. The van der Waals surface area contributed by atoms with Crippen LogP contribution >= 0.6 is 11.8 Å². The molecule has 4 rings (SSSR count). The zero-order chi connectivity index (χ0) is 23.8. The molecule has 34 heavy (non-hydrogen) atoms. The van der Waals surface area contributed by atoms with Crippen LogP contribution in [0.2, 0.25) is 0 Å². The third-order valence-electron chi connectivity index (χ3n) is 5.89. The quantitative estimate of drug-likeness (QED) is 0.282. The number of hydrogen-bond donors (Lipinski definition) is 1. The van der Waals surface area contributed by atoms with Gasteiger partial charge in [-0.05, 0) is 41.2 Å². The highest BCUT2D eigenvalue weighted by atomic mass is 32.2. The van der Waals surface area contributed by atoms with Crippen LogP contribution in [-0.4, -0.2) is 26.4 Å². The minimum Gasteiger partial charge on any atom is -0.325 e. The molecule has 1 N–H and O–H groups in total. The predicted octanol–water partition coefficient (Wildman–Crippen LogP) is 6.16. The zero-order valence-corrected chi connectivity index (χ0v) is 20.5. The molecule has 0 aliphatic rings. The van der Waals surface area contributed by atoms with Crippen LogP contribution < -0.4 is 5.32 Å². The van der Waals surface area contributed by atoms with Crippen LogP contribution in [-0.2, 0) is 17.8 Å². The Morgan fingerprint density at radius 1 is 0.912 bits per heavy atom. The van der Waals surface area contributed by atoms with Gasteiger partial charge in [-0.25, -0.2) is 0 Å². The summed E-state index contributed by atoms with van der Waals surface area (Å²) in [7, 11) is 0. The van der Waals surface area contributed by atoms with Crippen LogP contribution in [0.15, 0.2) is 90.1 Å². The highest BCUT2D eigenvalue weighted by Crippen LogP contribution is 2.23. The molecular weight excluding hydrogens is 440 g/mol. The Balaban J connectivity index is 1.44. The maximum absolute atomic E-state index is 12.6. The molecular formula is C28H30N4OS. The van der Waals surface area contributed by atoms with E-state index in [0.29, 0.717) is 18.9 Å². The summed E-state index contributed by atoms with van der Waals surface area (Å²) in [6.07, 6.45) is 1.79. The van der Waals surface area contributed by atoms with Crippen molar-refractivity contribution >= 4 is 23.4 Å². The van der Waals surface area contributed by atoms with Gasteiger partial charge in [-0.3, -0.25) is 4.79 Å². The largest absolute Gasteiger partial charge is 0.325 e. The Bertz CT molecular complexity index is 1190. The summed E-state index contributed by atoms with van der Waals surface area (Å²) >= 11 is 1.41. The summed E-state index contributed by atoms with van der Waals surface area (Å²) in [6, 6.07) is 28.6. The van der Waals surface area contributed by atoms with Crippen molar-refractivity contribution in [1.82, 2.24) is 14.8 Å². The lowest BCUT2D eigenvalue weighted by molar-refractivity contribution is -0.113. The van der Waals surface area contributed by atoms with Crippen LogP contribution in [0.1, 0.15) is 48.7 Å². The fourth-order valence-electron chi connectivity index (χ4n) is 3.72. The number of nitrogens with zero attached hydrogens (tertiary/aromatic N) is 3. The number of anilines is 1. The predicted molar refractivity (Wildman–Crippen MR) is 139 cm³/mol. The number of rotatable bonds is 10. The van der Waals surface area contributed by atoms with E-state index in [0.717, 1.165) is 23.1 Å². The van der Waals surface area contributed by atoms with E-state index in [9.17, 15) is 4.79 Å². The second-order valence-electron chi connectivity index (χ2n) is 8.40. The number of benzene rings is 3. The van der Waals surface area contributed by atoms with E-state index in [1.165, 1.54) is 28.5 Å². The summed E-state index contributed by atoms with van der Waals surface area (Å²) in [6.45, 7) is 5.05. The molecule has 174 valence electrons. The molecule has 0 saturated carbocycles. The van der Waals surface area contributed by atoms with Crippen LogP contribution in [0.3, 0.4) is 0 Å². The van der Waals surface area contributed by atoms with Crippen molar-refractivity contribution in [1.29, 1.82) is 0 Å². The van der Waals surface area contributed by atoms with E-state index in [-0.39, 0.29) is 11.7 Å². The third kappa shape index (κ3) is 6.35. The first-order valence-corrected chi connectivity index (χ1v) is 12.6. The fourth-order valence-corrected chi connectivity index (χ4v) is 4.47. The molecule has 0 radical (unpaired) electrons. The Morgan fingerprint density at radius 3 is 2.21 bits per heavy atom. The first-order chi connectivity index (χ1) is 16.6. The van der Waals surface area contributed by atoms with Gasteiger partial charge in [0.05, 0.1) is 12.3 Å². The topological polar surface area (TPSA) is 59.8 Å². The van der Waals surface area contributed by atoms with Crippen molar-refractivity contribution < 1.29 is 4.79 Å². The van der Waals surface area contributed by atoms with Crippen molar-refractivity contribution in [3.05, 3.63) is 107 Å². The number of carbonyl (C=O) groups excluding carboxylic acids is 1. The average Bonchev–Trinajstić information content (AvgIpc) is 3.24. The van der Waals surface area contributed by atoms with Crippen LogP contribution in [0.4, 0.5) is 5.69 Å². The molecule has 0 aliphatic carbocycles. The summed E-state index contributed by atoms with van der Waals surface area (Å²) in [5.41, 5.74) is 4.45. The second kappa shape index (κ2) is 11.7. The molecule has 1 aromatic heterocycles. The van der Waals surface area contributed by atoms with E-state index >= 15 is 0 Å². The van der Waals surface area contributed by atoms with Crippen molar-refractivity contribution in [2.24, 2.45) is 0 Å². The number of amides is 1. The van der Waals surface area contributed by atoms with Gasteiger partial charge in [0.25, 0.3) is 0 Å². The van der Waals surface area contributed by atoms with Gasteiger partial charge in [-0.2, -0.15) is 0 Å². The highest BCUT2D eigenvalue weighted by molar-refractivity contribution is 7.99. The summed E-state index contributed by atoms with van der Waals surface area (Å²) < 4.78 is 2.11. The van der Waals surface area contributed by atoms with Gasteiger partial charge in [-0.15, -0.1) is 10.2 Å². The molecule has 0 fully saturated rings. The number of thioether (sulfide) groups is 1. The molecule has 3 aromatic carbocycles. The molecule has 1 atom stereocenters. The average molecular weight is 471 g/mol. The summed E-state index contributed by atoms with van der Waals surface area (Å²) in [5, 5.41) is 12.6. The molecule has 0 spiro atoms. The summed E-state index contributed by atoms with van der Waals surface area (Å²) in [5.74, 6) is 1.62. The Hall–Kier alpha value is -3.38. The number of hydrogen-bond acceptors (Lipinski definition) is 4. The first-order valence-electron chi connectivity index (χ1n) is 11.6. The molecule has 1 amide bonds. The van der Waals surface area contributed by atoms with Gasteiger partial charge in [-0.1, -0.05) is 98.4 Å². The Labute approximate surface area is 205 Å². The van der Waals surface area contributed by atoms with Gasteiger partial charge < -0.3 is 9.88 Å². The number of nitrogens with one attached hydrogen (secondary N) is 1. The zero-order valence-electron chi connectivity index (χ0n) is 19.6. The van der Waals surface area contributed by atoms with Crippen LogP contribution in [0.25, 0.3) is 0 Å². The SMILES string of the molecule is CCC(C)c1ccc(NC(=O)CSc2nnc(Cc3ccccc3)n2Cc2ccccc2)cc1. The molecule has 5 nitrogen and oxygen atoms in total. The third-order valence-corrected chi connectivity index (χ3v) is 6.86. The van der Waals surface area contributed by atoms with Gasteiger partial charge >= 0.3 is 0 Å². The first kappa shape index (κ1) is 23.8. The molecule has 1 unspecified atom stereocenters. The maximum atomic E-state index is 12.6. The van der Waals surface area contributed by atoms with Gasteiger partial charge in [0, 0.05) is 12.1 Å². The minimum absolute atomic E-state index is 0.0554. The van der Waals surface area contributed by atoms with E-state index < -0.39 is 0 Å². The van der Waals surface area contributed by atoms with Gasteiger partial charge in [0.15, 0.2) is 5.16 Å². The molecule has 0 bridgehead atoms. The minimum atomic E-state index is -0.0554. The Kier molecular flexibility index (Phi) is 8.15. The van der Waals surface area contributed by atoms with Gasteiger partial charge in [0.2, 0.25) is 5.91 Å². The van der Waals surface area contributed by atoms with E-state index in [4.69, 9.17) is 0 Å². The summed E-state index contributed by atoms with van der Waals surface area (Å²) in [4.78, 5) is 12.6. The molecule has 0 saturated heterocycles. The van der Waals surface area contributed by atoms with Crippen molar-refractivity contribution in [3.8, 4) is 0 Å². The number of aromatic nitrogens is 3. The molecule has 0 aliphatic heterocycles. The smallest absolute Gasteiger partial charge is 0.234 e. The highest BCUT2D eigenvalue weighted by Gasteiger charge is 2.15. The molecule has 6 heteroatoms. The van der Waals surface area contributed by atoms with E-state index in [1.807, 2.05) is 48.5 Å². The van der Waals surface area contributed by atoms with Crippen molar-refractivity contribution in [2.45, 2.75) is 44.3 Å². The van der Waals surface area contributed by atoms with E-state index in [2.05, 4.69) is 70.3 Å². The van der Waals surface area contributed by atoms with Crippen molar-refractivity contribution in [3.63, 3.8) is 0 Å². The van der Waals surface area contributed by atoms with Crippen molar-refractivity contribution in [2.75, 3.05) is 11.1 Å². The monoisotopic (exact) mass is 470 g/mol. The fraction of sp³-hybridized carbons (Fsp3) is 0.250. The lowest BCUT2D eigenvalue weighted by atomic mass is 9.99. The molecule has 4 aromatic rings. The lowest BCUT2D eigenvalue weighted by Crippen LogP contribution is -2.15. The van der Waals surface area contributed by atoms with Crippen LogP contribution in [0.5, 0.6) is 0 Å². The van der Waals surface area contributed by atoms with Crippen LogP contribution in [0, 0.1) is 0 Å². The molecule has 1 heterocycles. The van der Waals surface area contributed by atoms with E-state index in [1.54, 1.807) is 0 Å². The Morgan fingerprint density at radius 2 is 1.56 bits per heavy atom. The second-order valence-corrected chi connectivity index (χ2v) is 9.34. The standard InChI is InChI=1S/C28H30N4OS/c1-3-21(2)24-14-16-25(17-15-24)29-27(33)20-34-28-31-30-26(18-22-10-6-4-7-11-22)32(28)19-23-12-8-5-9-13-23/h4-17,21H,3,18-20H2,1-2H3,(H,29,33). The lowest BCUT2D eigenvalue weighted by Gasteiger charge is -2.12.